The highest BCUT2D eigenvalue weighted by Crippen LogP contribution is 2.20. The van der Waals surface area contributed by atoms with Gasteiger partial charge in [-0.15, -0.1) is 0 Å². The summed E-state index contributed by atoms with van der Waals surface area (Å²) in [6.45, 7) is 4.77. The number of rotatable bonds is 4. The summed E-state index contributed by atoms with van der Waals surface area (Å²) in [5.41, 5.74) is 0.481. The predicted octanol–water partition coefficient (Wildman–Crippen LogP) is 2.18. The second kappa shape index (κ2) is 6.02. The molecule has 0 radical (unpaired) electrons. The molecule has 3 nitrogen and oxygen atoms in total. The van der Waals surface area contributed by atoms with E-state index in [4.69, 9.17) is 0 Å². The molecule has 20 heavy (non-hydrogen) atoms. The molecule has 1 unspecified atom stereocenters. The maximum atomic E-state index is 13.1. The Bertz CT molecular complexity index is 485. The van der Waals surface area contributed by atoms with Crippen molar-refractivity contribution in [1.29, 1.82) is 0 Å². The van der Waals surface area contributed by atoms with Gasteiger partial charge in [-0.3, -0.25) is 14.6 Å². The van der Waals surface area contributed by atoms with Crippen molar-refractivity contribution in [3.05, 3.63) is 35.6 Å². The molecule has 4 heteroatoms. The Hall–Kier alpha value is -1.26. The minimum absolute atomic E-state index is 0.0200. The van der Waals surface area contributed by atoms with Crippen LogP contribution in [0.25, 0.3) is 0 Å². The lowest BCUT2D eigenvalue weighted by molar-refractivity contribution is 0.0940. The molecule has 0 amide bonds. The zero-order valence-corrected chi connectivity index (χ0v) is 11.7. The zero-order chi connectivity index (χ0) is 13.9. The third kappa shape index (κ3) is 3.07. The summed E-state index contributed by atoms with van der Waals surface area (Å²) < 4.78 is 13.1. The van der Waals surface area contributed by atoms with Gasteiger partial charge in [0, 0.05) is 24.7 Å². The van der Waals surface area contributed by atoms with E-state index in [9.17, 15) is 9.18 Å². The van der Waals surface area contributed by atoms with Gasteiger partial charge >= 0.3 is 0 Å². The summed E-state index contributed by atoms with van der Waals surface area (Å²) in [4.78, 5) is 16.9. The number of Topliss-reactive ketones (excluding diaryl/α,β-unsaturated/α-hetero) is 1. The monoisotopic (exact) mass is 276 g/mol. The van der Waals surface area contributed by atoms with Gasteiger partial charge in [0.05, 0.1) is 6.54 Å². The first kappa shape index (κ1) is 13.7. The molecule has 2 aliphatic heterocycles. The number of hydrogen-bond donors (Lipinski definition) is 0. The maximum Gasteiger partial charge on any atom is 0.176 e. The molecule has 2 aliphatic rings. The highest BCUT2D eigenvalue weighted by atomic mass is 19.1. The van der Waals surface area contributed by atoms with Crippen molar-refractivity contribution in [2.24, 2.45) is 0 Å². The van der Waals surface area contributed by atoms with Crippen LogP contribution in [0.1, 0.15) is 29.6 Å². The number of hydrogen-bond acceptors (Lipinski definition) is 3. The number of carbonyl (C=O) groups excluding carboxylic acids is 1. The molecule has 3 rings (SSSR count). The second-order valence-corrected chi connectivity index (χ2v) is 5.85. The van der Waals surface area contributed by atoms with Crippen LogP contribution in [-0.4, -0.2) is 54.3 Å². The van der Waals surface area contributed by atoms with Gasteiger partial charge in [0.15, 0.2) is 5.78 Å². The molecule has 1 aromatic rings. The molecule has 108 valence electrons. The molecule has 0 saturated carbocycles. The van der Waals surface area contributed by atoms with Gasteiger partial charge in [0.25, 0.3) is 0 Å². The van der Waals surface area contributed by atoms with Crippen molar-refractivity contribution in [3.63, 3.8) is 0 Å². The Balaban J connectivity index is 1.55. The summed E-state index contributed by atoms with van der Waals surface area (Å²) in [6.07, 6.45) is 3.76. The van der Waals surface area contributed by atoms with Crippen LogP contribution < -0.4 is 0 Å². The summed E-state index contributed by atoms with van der Waals surface area (Å²) in [6, 6.07) is 6.60. The molecule has 0 aromatic heterocycles. The number of ketones is 1. The Morgan fingerprint density at radius 3 is 2.80 bits per heavy atom. The van der Waals surface area contributed by atoms with Crippen molar-refractivity contribution >= 4 is 5.78 Å². The number of carbonyl (C=O) groups is 1. The molecule has 2 fully saturated rings. The Kier molecular flexibility index (Phi) is 4.13. The van der Waals surface area contributed by atoms with Crippen LogP contribution in [0.4, 0.5) is 4.39 Å². The highest BCUT2D eigenvalue weighted by Gasteiger charge is 2.30. The molecule has 1 atom stereocenters. The summed E-state index contributed by atoms with van der Waals surface area (Å²) >= 11 is 0. The lowest BCUT2D eigenvalue weighted by Crippen LogP contribution is -2.36. The largest absolute Gasteiger partial charge is 0.299 e. The van der Waals surface area contributed by atoms with Gasteiger partial charge in [0.2, 0.25) is 0 Å². The van der Waals surface area contributed by atoms with Crippen LogP contribution >= 0.6 is 0 Å². The fourth-order valence-electron chi connectivity index (χ4n) is 3.32. The van der Waals surface area contributed by atoms with Crippen LogP contribution in [0.3, 0.4) is 0 Å². The van der Waals surface area contributed by atoms with Gasteiger partial charge < -0.3 is 0 Å². The van der Waals surface area contributed by atoms with E-state index in [0.29, 0.717) is 18.2 Å². The van der Waals surface area contributed by atoms with E-state index in [1.165, 1.54) is 38.1 Å². The number of likely N-dealkylation sites (tertiary alicyclic amines) is 2. The van der Waals surface area contributed by atoms with Crippen molar-refractivity contribution in [3.8, 4) is 0 Å². The third-order valence-corrected chi connectivity index (χ3v) is 4.42. The fourth-order valence-corrected chi connectivity index (χ4v) is 3.32. The molecule has 0 aliphatic carbocycles. The standard InChI is InChI=1S/C16H21FN2O/c17-14-5-3-4-13(10-14)16(20)12-18-9-6-15(11-18)19-7-1-2-8-19/h3-5,10,15H,1-2,6-9,11-12H2. The van der Waals surface area contributed by atoms with E-state index >= 15 is 0 Å². The number of nitrogens with zero attached hydrogens (tertiary/aromatic N) is 2. The molecular weight excluding hydrogens is 255 g/mol. The van der Waals surface area contributed by atoms with Crippen molar-refractivity contribution < 1.29 is 9.18 Å². The number of benzene rings is 1. The van der Waals surface area contributed by atoms with Crippen molar-refractivity contribution in [2.75, 3.05) is 32.7 Å². The minimum Gasteiger partial charge on any atom is -0.299 e. The molecular formula is C16H21FN2O. The van der Waals surface area contributed by atoms with Gasteiger partial charge in [0.1, 0.15) is 5.82 Å². The first-order chi connectivity index (χ1) is 9.72. The topological polar surface area (TPSA) is 23.6 Å². The predicted molar refractivity (Wildman–Crippen MR) is 76.4 cm³/mol. The van der Waals surface area contributed by atoms with Gasteiger partial charge in [-0.05, 0) is 44.5 Å². The number of halogens is 1. The lowest BCUT2D eigenvalue weighted by atomic mass is 10.1. The van der Waals surface area contributed by atoms with E-state index in [1.807, 2.05) is 0 Å². The van der Waals surface area contributed by atoms with E-state index in [0.717, 1.165) is 19.5 Å². The Morgan fingerprint density at radius 1 is 1.25 bits per heavy atom. The smallest absolute Gasteiger partial charge is 0.176 e. The lowest BCUT2D eigenvalue weighted by Gasteiger charge is -2.23. The van der Waals surface area contributed by atoms with Crippen LogP contribution in [0, 0.1) is 5.82 Å². The molecule has 1 aromatic carbocycles. The maximum absolute atomic E-state index is 13.1. The second-order valence-electron chi connectivity index (χ2n) is 5.85. The average molecular weight is 276 g/mol. The SMILES string of the molecule is O=C(CN1CCC(N2CCCC2)C1)c1cccc(F)c1. The zero-order valence-electron chi connectivity index (χ0n) is 11.7. The van der Waals surface area contributed by atoms with Gasteiger partial charge in [-0.2, -0.15) is 0 Å². The van der Waals surface area contributed by atoms with Gasteiger partial charge in [-0.25, -0.2) is 4.39 Å². The van der Waals surface area contributed by atoms with E-state index in [-0.39, 0.29) is 11.6 Å². The van der Waals surface area contributed by atoms with Crippen LogP contribution in [0.5, 0.6) is 0 Å². The third-order valence-electron chi connectivity index (χ3n) is 4.42. The molecule has 2 heterocycles. The normalized spacial score (nSPS) is 24.4. The Morgan fingerprint density at radius 2 is 2.05 bits per heavy atom. The molecule has 2 saturated heterocycles. The van der Waals surface area contributed by atoms with E-state index in [2.05, 4.69) is 9.80 Å². The molecule has 0 spiro atoms. The van der Waals surface area contributed by atoms with Crippen LogP contribution in [0.15, 0.2) is 24.3 Å². The first-order valence-corrected chi connectivity index (χ1v) is 7.47. The first-order valence-electron chi connectivity index (χ1n) is 7.47. The van der Waals surface area contributed by atoms with Gasteiger partial charge in [-0.1, -0.05) is 12.1 Å². The van der Waals surface area contributed by atoms with E-state index < -0.39 is 0 Å². The minimum atomic E-state index is -0.341. The van der Waals surface area contributed by atoms with Crippen LogP contribution in [0.2, 0.25) is 0 Å². The summed E-state index contributed by atoms with van der Waals surface area (Å²) in [5.74, 6) is -0.321. The highest BCUT2D eigenvalue weighted by molar-refractivity contribution is 5.97. The van der Waals surface area contributed by atoms with Crippen LogP contribution in [-0.2, 0) is 0 Å². The van der Waals surface area contributed by atoms with E-state index in [1.54, 1.807) is 12.1 Å². The molecule has 0 bridgehead atoms. The molecule has 0 N–H and O–H groups in total. The van der Waals surface area contributed by atoms with Crippen molar-refractivity contribution in [1.82, 2.24) is 9.80 Å². The fraction of sp³-hybridized carbons (Fsp3) is 0.562. The summed E-state index contributed by atoms with van der Waals surface area (Å²) in [5, 5.41) is 0. The quantitative estimate of drug-likeness (QED) is 0.788. The Labute approximate surface area is 119 Å². The van der Waals surface area contributed by atoms with Crippen molar-refractivity contribution in [2.45, 2.75) is 25.3 Å². The average Bonchev–Trinajstić information content (AvgIpc) is 3.08. The summed E-state index contributed by atoms with van der Waals surface area (Å²) in [7, 11) is 0.